The Morgan fingerprint density at radius 1 is 1.18 bits per heavy atom. The van der Waals surface area contributed by atoms with Gasteiger partial charge in [0.15, 0.2) is 0 Å². The number of rotatable bonds is 0. The van der Waals surface area contributed by atoms with Crippen LogP contribution in [0.3, 0.4) is 0 Å². The van der Waals surface area contributed by atoms with Crippen LogP contribution in [0.4, 0.5) is 0 Å². The topological polar surface area (TPSA) is 9.23 Å². The molecule has 0 N–H and O–H groups in total. The van der Waals surface area contributed by atoms with Gasteiger partial charge in [-0.15, -0.1) is 0 Å². The molecule has 0 radical (unpaired) electrons. The van der Waals surface area contributed by atoms with E-state index in [9.17, 15) is 0 Å². The first kappa shape index (κ1) is 7.60. The zero-order valence-electron chi connectivity index (χ0n) is 7.60. The van der Waals surface area contributed by atoms with Crippen molar-refractivity contribution in [1.82, 2.24) is 0 Å². The Morgan fingerprint density at radius 2 is 2.00 bits per heavy atom. The van der Waals surface area contributed by atoms with Crippen LogP contribution in [0, 0.1) is 11.3 Å². The fraction of sp³-hybridized carbons (Fsp3) is 1.00. The summed E-state index contributed by atoms with van der Waals surface area (Å²) in [5, 5.41) is 0. The summed E-state index contributed by atoms with van der Waals surface area (Å²) in [4.78, 5) is 0. The third-order valence-corrected chi connectivity index (χ3v) is 3.69. The van der Waals surface area contributed by atoms with E-state index < -0.39 is 0 Å². The van der Waals surface area contributed by atoms with Crippen molar-refractivity contribution in [3.8, 4) is 0 Å². The number of ether oxygens (including phenoxy) is 1. The van der Waals surface area contributed by atoms with E-state index in [1.165, 1.54) is 25.7 Å². The molecule has 2 bridgehead atoms. The lowest BCUT2D eigenvalue weighted by atomic mass is 9.64. The van der Waals surface area contributed by atoms with Crippen LogP contribution in [-0.2, 0) is 4.74 Å². The monoisotopic (exact) mass is 154 g/mol. The van der Waals surface area contributed by atoms with Crippen molar-refractivity contribution in [3.63, 3.8) is 0 Å². The Kier molecular flexibility index (Phi) is 1.71. The predicted octanol–water partition coefficient (Wildman–Crippen LogP) is 2.60. The van der Waals surface area contributed by atoms with Gasteiger partial charge < -0.3 is 4.74 Å². The summed E-state index contributed by atoms with van der Waals surface area (Å²) in [7, 11) is 0. The van der Waals surface area contributed by atoms with E-state index in [2.05, 4.69) is 13.8 Å². The van der Waals surface area contributed by atoms with Crippen LogP contribution in [0.25, 0.3) is 0 Å². The van der Waals surface area contributed by atoms with E-state index in [0.717, 1.165) is 12.5 Å². The Balaban J connectivity index is 2.17. The van der Waals surface area contributed by atoms with Gasteiger partial charge in [0, 0.05) is 6.61 Å². The normalized spacial score (nSPS) is 42.0. The molecule has 0 aromatic heterocycles. The van der Waals surface area contributed by atoms with Crippen molar-refractivity contribution in [3.05, 3.63) is 0 Å². The first-order valence-electron chi connectivity index (χ1n) is 4.83. The number of hydrogen-bond acceptors (Lipinski definition) is 1. The van der Waals surface area contributed by atoms with Gasteiger partial charge in [-0.3, -0.25) is 0 Å². The van der Waals surface area contributed by atoms with Gasteiger partial charge in [0.2, 0.25) is 0 Å². The molecule has 1 aliphatic carbocycles. The summed E-state index contributed by atoms with van der Waals surface area (Å²) in [6.07, 6.45) is 5.98. The van der Waals surface area contributed by atoms with E-state index in [4.69, 9.17) is 4.74 Å². The Hall–Kier alpha value is -0.0400. The van der Waals surface area contributed by atoms with Crippen LogP contribution >= 0.6 is 0 Å². The minimum absolute atomic E-state index is 0.469. The molecular formula is C10H18O. The summed E-state index contributed by atoms with van der Waals surface area (Å²) in [6, 6.07) is 0. The molecule has 2 rings (SSSR count). The van der Waals surface area contributed by atoms with E-state index in [0.29, 0.717) is 11.5 Å². The molecule has 2 atom stereocenters. The Morgan fingerprint density at radius 3 is 2.64 bits per heavy atom. The maximum absolute atomic E-state index is 5.76. The standard InChI is InChI=1S/C10H18O/c1-10(2)8-4-3-5-9(10)11-7-6-8/h8-9H,3-7H2,1-2H3. The van der Waals surface area contributed by atoms with Crippen LogP contribution in [0.2, 0.25) is 0 Å². The highest BCUT2D eigenvalue weighted by atomic mass is 16.5. The Labute approximate surface area is 69.1 Å². The molecule has 0 aromatic rings. The molecule has 11 heavy (non-hydrogen) atoms. The van der Waals surface area contributed by atoms with Crippen LogP contribution in [0.5, 0.6) is 0 Å². The van der Waals surface area contributed by atoms with E-state index in [1.807, 2.05) is 0 Å². The lowest BCUT2D eigenvalue weighted by molar-refractivity contribution is -0.127. The molecule has 1 heteroatoms. The van der Waals surface area contributed by atoms with Gasteiger partial charge in [0.25, 0.3) is 0 Å². The predicted molar refractivity (Wildman–Crippen MR) is 45.5 cm³/mol. The van der Waals surface area contributed by atoms with Crippen molar-refractivity contribution in [2.45, 2.75) is 45.6 Å². The largest absolute Gasteiger partial charge is 0.378 e. The molecule has 0 amide bonds. The molecule has 1 saturated carbocycles. The summed E-state index contributed by atoms with van der Waals surface area (Å²) in [6.45, 7) is 5.76. The zero-order chi connectivity index (χ0) is 7.90. The van der Waals surface area contributed by atoms with Gasteiger partial charge >= 0.3 is 0 Å². The quantitative estimate of drug-likeness (QED) is 0.521. The maximum Gasteiger partial charge on any atom is 0.0628 e. The third kappa shape index (κ3) is 1.10. The summed E-state index contributed by atoms with van der Waals surface area (Å²) < 4.78 is 5.76. The second kappa shape index (κ2) is 2.48. The molecule has 1 nitrogen and oxygen atoms in total. The lowest BCUT2D eigenvalue weighted by Crippen LogP contribution is -2.46. The minimum Gasteiger partial charge on any atom is -0.378 e. The highest BCUT2D eigenvalue weighted by Gasteiger charge is 2.43. The molecular weight excluding hydrogens is 136 g/mol. The third-order valence-electron chi connectivity index (χ3n) is 3.69. The smallest absolute Gasteiger partial charge is 0.0628 e. The van der Waals surface area contributed by atoms with Crippen LogP contribution < -0.4 is 0 Å². The van der Waals surface area contributed by atoms with Crippen molar-refractivity contribution in [2.75, 3.05) is 6.61 Å². The number of hydrogen-bond donors (Lipinski definition) is 0. The average Bonchev–Trinajstić information content (AvgIpc) is 1.82. The van der Waals surface area contributed by atoms with Crippen molar-refractivity contribution in [1.29, 1.82) is 0 Å². The molecule has 64 valence electrons. The summed E-state index contributed by atoms with van der Waals surface area (Å²) in [5.74, 6) is 0.940. The molecule has 0 spiro atoms. The highest BCUT2D eigenvalue weighted by Crippen LogP contribution is 2.46. The van der Waals surface area contributed by atoms with Gasteiger partial charge in [-0.25, -0.2) is 0 Å². The SMILES string of the molecule is CC1(C)C2CCCC1OCC2. The first-order chi connectivity index (χ1) is 5.21. The van der Waals surface area contributed by atoms with Crippen LogP contribution in [0.1, 0.15) is 39.5 Å². The summed E-state index contributed by atoms with van der Waals surface area (Å²) >= 11 is 0. The van der Waals surface area contributed by atoms with Crippen LogP contribution in [-0.4, -0.2) is 12.7 Å². The fourth-order valence-electron chi connectivity index (χ4n) is 2.72. The van der Waals surface area contributed by atoms with Crippen molar-refractivity contribution in [2.24, 2.45) is 11.3 Å². The van der Waals surface area contributed by atoms with Crippen molar-refractivity contribution >= 4 is 0 Å². The molecule has 1 aliphatic heterocycles. The van der Waals surface area contributed by atoms with Crippen molar-refractivity contribution < 1.29 is 4.74 Å². The highest BCUT2D eigenvalue weighted by molar-refractivity contribution is 4.92. The number of fused-ring (bicyclic) bond motifs is 2. The molecule has 0 aromatic carbocycles. The fourth-order valence-corrected chi connectivity index (χ4v) is 2.72. The molecule has 2 aliphatic rings. The second-order valence-electron chi connectivity index (χ2n) is 4.60. The van der Waals surface area contributed by atoms with Gasteiger partial charge in [-0.1, -0.05) is 20.3 Å². The lowest BCUT2D eigenvalue weighted by Gasteiger charge is -2.48. The Bertz CT molecular complexity index is 127. The molecule has 2 fully saturated rings. The second-order valence-corrected chi connectivity index (χ2v) is 4.60. The van der Waals surface area contributed by atoms with Gasteiger partial charge in [0.1, 0.15) is 0 Å². The van der Waals surface area contributed by atoms with E-state index in [1.54, 1.807) is 0 Å². The average molecular weight is 154 g/mol. The van der Waals surface area contributed by atoms with Gasteiger partial charge in [0.05, 0.1) is 6.10 Å². The molecule has 1 saturated heterocycles. The zero-order valence-corrected chi connectivity index (χ0v) is 7.60. The summed E-state index contributed by atoms with van der Waals surface area (Å²) in [5.41, 5.74) is 0.469. The molecule has 2 unspecified atom stereocenters. The molecule has 1 heterocycles. The van der Waals surface area contributed by atoms with Gasteiger partial charge in [-0.2, -0.15) is 0 Å². The first-order valence-corrected chi connectivity index (χ1v) is 4.83. The maximum atomic E-state index is 5.76. The minimum atomic E-state index is 0.469. The van der Waals surface area contributed by atoms with Crippen LogP contribution in [0.15, 0.2) is 0 Å². The van der Waals surface area contributed by atoms with E-state index in [-0.39, 0.29) is 0 Å². The van der Waals surface area contributed by atoms with Gasteiger partial charge in [-0.05, 0) is 30.6 Å². The van der Waals surface area contributed by atoms with E-state index >= 15 is 0 Å².